The molecule has 0 aliphatic carbocycles. The second-order valence-electron chi connectivity index (χ2n) is 6.82. The minimum Gasteiger partial charge on any atom is -0.444 e. The Morgan fingerprint density at radius 1 is 0.923 bits per heavy atom. The maximum atomic E-state index is 12.0. The number of rotatable bonds is 5. The van der Waals surface area contributed by atoms with Crippen molar-refractivity contribution >= 4 is 23.5 Å². The summed E-state index contributed by atoms with van der Waals surface area (Å²) in [5.74, 6) is 0. The highest BCUT2D eigenvalue weighted by molar-refractivity contribution is 5.99. The van der Waals surface area contributed by atoms with Crippen molar-refractivity contribution in [1.82, 2.24) is 5.32 Å². The third-order valence-corrected chi connectivity index (χ3v) is 3.30. The zero-order chi connectivity index (χ0) is 19.0. The van der Waals surface area contributed by atoms with Crippen LogP contribution in [0.2, 0.25) is 0 Å². The van der Waals surface area contributed by atoms with E-state index in [9.17, 15) is 9.59 Å². The SMILES string of the molecule is CC(C)(C)OC(=O)NCCc1cccc(NC(=O)Nc2ccccc2)c1. The average Bonchev–Trinajstić information content (AvgIpc) is 2.54. The monoisotopic (exact) mass is 355 g/mol. The van der Waals surface area contributed by atoms with Gasteiger partial charge in [-0.3, -0.25) is 0 Å². The van der Waals surface area contributed by atoms with Gasteiger partial charge in [-0.2, -0.15) is 0 Å². The first-order valence-corrected chi connectivity index (χ1v) is 8.51. The van der Waals surface area contributed by atoms with E-state index in [2.05, 4.69) is 16.0 Å². The Bertz CT molecular complexity index is 739. The predicted octanol–water partition coefficient (Wildman–Crippen LogP) is 4.40. The number of amides is 3. The average molecular weight is 355 g/mol. The molecule has 3 N–H and O–H groups in total. The van der Waals surface area contributed by atoms with Crippen molar-refractivity contribution in [1.29, 1.82) is 0 Å². The Hall–Kier alpha value is -3.02. The molecule has 3 amide bonds. The summed E-state index contributed by atoms with van der Waals surface area (Å²) in [5, 5.41) is 8.28. The van der Waals surface area contributed by atoms with Gasteiger partial charge < -0.3 is 20.7 Å². The standard InChI is InChI=1S/C20H25N3O3/c1-20(2,3)26-19(25)21-13-12-15-8-7-11-17(14-15)23-18(24)22-16-9-5-4-6-10-16/h4-11,14H,12-13H2,1-3H3,(H,21,25)(H2,22,23,24). The molecule has 2 aromatic carbocycles. The van der Waals surface area contributed by atoms with Gasteiger partial charge in [0, 0.05) is 17.9 Å². The summed E-state index contributed by atoms with van der Waals surface area (Å²) in [6.45, 7) is 5.92. The number of alkyl carbamates (subject to hydrolysis) is 1. The summed E-state index contributed by atoms with van der Waals surface area (Å²) in [6, 6.07) is 16.4. The van der Waals surface area contributed by atoms with Gasteiger partial charge in [-0.25, -0.2) is 9.59 Å². The van der Waals surface area contributed by atoms with Gasteiger partial charge >= 0.3 is 12.1 Å². The minimum atomic E-state index is -0.514. The fourth-order valence-corrected chi connectivity index (χ4v) is 2.24. The third kappa shape index (κ3) is 7.25. The lowest BCUT2D eigenvalue weighted by Crippen LogP contribution is -2.33. The van der Waals surface area contributed by atoms with Crippen LogP contribution in [0.4, 0.5) is 21.0 Å². The van der Waals surface area contributed by atoms with E-state index in [1.165, 1.54) is 0 Å². The quantitative estimate of drug-likeness (QED) is 0.744. The van der Waals surface area contributed by atoms with Gasteiger partial charge in [0.05, 0.1) is 0 Å². The highest BCUT2D eigenvalue weighted by Gasteiger charge is 2.15. The highest BCUT2D eigenvalue weighted by Crippen LogP contribution is 2.13. The Balaban J connectivity index is 1.82. The maximum Gasteiger partial charge on any atom is 0.407 e. The van der Waals surface area contributed by atoms with Crippen LogP contribution < -0.4 is 16.0 Å². The van der Waals surface area contributed by atoms with Crippen LogP contribution >= 0.6 is 0 Å². The number of urea groups is 1. The first-order valence-electron chi connectivity index (χ1n) is 8.51. The molecule has 6 nitrogen and oxygen atoms in total. The van der Waals surface area contributed by atoms with Crippen LogP contribution in [0.25, 0.3) is 0 Å². The molecule has 0 saturated carbocycles. The predicted molar refractivity (Wildman–Crippen MR) is 103 cm³/mol. The first kappa shape index (κ1) is 19.3. The summed E-state index contributed by atoms with van der Waals surface area (Å²) in [7, 11) is 0. The lowest BCUT2D eigenvalue weighted by molar-refractivity contribution is 0.0528. The number of anilines is 2. The van der Waals surface area contributed by atoms with Gasteiger partial charge in [-0.1, -0.05) is 30.3 Å². The number of hydrogen-bond acceptors (Lipinski definition) is 3. The van der Waals surface area contributed by atoms with Gasteiger partial charge in [0.25, 0.3) is 0 Å². The van der Waals surface area contributed by atoms with Gasteiger partial charge in [-0.05, 0) is 57.0 Å². The molecule has 6 heteroatoms. The van der Waals surface area contributed by atoms with E-state index in [1.54, 1.807) is 0 Å². The van der Waals surface area contributed by atoms with Crippen LogP contribution in [0.15, 0.2) is 54.6 Å². The zero-order valence-corrected chi connectivity index (χ0v) is 15.3. The molecule has 0 fully saturated rings. The van der Waals surface area contributed by atoms with E-state index < -0.39 is 11.7 Å². The number of carbonyl (C=O) groups is 2. The molecule has 138 valence electrons. The molecule has 0 aliphatic heterocycles. The summed E-state index contributed by atoms with van der Waals surface area (Å²) in [4.78, 5) is 23.7. The fraction of sp³-hybridized carbons (Fsp3) is 0.300. The van der Waals surface area contributed by atoms with E-state index in [-0.39, 0.29) is 6.03 Å². The normalized spacial score (nSPS) is 10.7. The van der Waals surface area contributed by atoms with Crippen LogP contribution in [0.5, 0.6) is 0 Å². The zero-order valence-electron chi connectivity index (χ0n) is 15.3. The summed E-state index contributed by atoms with van der Waals surface area (Å²) in [6.07, 6.45) is 0.198. The number of hydrogen-bond donors (Lipinski definition) is 3. The molecule has 0 atom stereocenters. The molecule has 0 aliphatic rings. The van der Waals surface area contributed by atoms with Crippen molar-refractivity contribution in [2.45, 2.75) is 32.8 Å². The molecule has 0 aromatic heterocycles. The van der Waals surface area contributed by atoms with Gasteiger partial charge in [0.2, 0.25) is 0 Å². The minimum absolute atomic E-state index is 0.305. The number of para-hydroxylation sites is 1. The van der Waals surface area contributed by atoms with Crippen LogP contribution in [0, 0.1) is 0 Å². The summed E-state index contributed by atoms with van der Waals surface area (Å²) in [5.41, 5.74) is 1.90. The molecular weight excluding hydrogens is 330 g/mol. The number of benzene rings is 2. The molecule has 2 rings (SSSR count). The number of carbonyl (C=O) groups excluding carboxylic acids is 2. The van der Waals surface area contributed by atoms with Crippen molar-refractivity contribution in [3.63, 3.8) is 0 Å². The molecule has 26 heavy (non-hydrogen) atoms. The topological polar surface area (TPSA) is 79.5 Å². The lowest BCUT2D eigenvalue weighted by atomic mass is 10.1. The van der Waals surface area contributed by atoms with E-state index in [0.717, 1.165) is 11.3 Å². The fourth-order valence-electron chi connectivity index (χ4n) is 2.24. The third-order valence-electron chi connectivity index (χ3n) is 3.30. The van der Waals surface area contributed by atoms with E-state index in [1.807, 2.05) is 75.4 Å². The molecule has 0 heterocycles. The van der Waals surface area contributed by atoms with E-state index in [4.69, 9.17) is 4.74 Å². The first-order chi connectivity index (χ1) is 12.3. The van der Waals surface area contributed by atoms with Crippen LogP contribution in [0.1, 0.15) is 26.3 Å². The smallest absolute Gasteiger partial charge is 0.407 e. The molecule has 0 saturated heterocycles. The Morgan fingerprint density at radius 2 is 1.58 bits per heavy atom. The molecule has 0 bridgehead atoms. The molecular formula is C20H25N3O3. The molecule has 2 aromatic rings. The van der Waals surface area contributed by atoms with Crippen molar-refractivity contribution in [3.05, 3.63) is 60.2 Å². The van der Waals surface area contributed by atoms with Crippen LogP contribution in [-0.2, 0) is 11.2 Å². The number of nitrogens with one attached hydrogen (secondary N) is 3. The van der Waals surface area contributed by atoms with Gasteiger partial charge in [-0.15, -0.1) is 0 Å². The molecule has 0 unspecified atom stereocenters. The Morgan fingerprint density at radius 3 is 2.27 bits per heavy atom. The van der Waals surface area contributed by atoms with Crippen molar-refractivity contribution in [3.8, 4) is 0 Å². The largest absolute Gasteiger partial charge is 0.444 e. The molecule has 0 spiro atoms. The number of ether oxygens (including phenoxy) is 1. The van der Waals surface area contributed by atoms with E-state index >= 15 is 0 Å². The Kier molecular flexibility index (Phi) is 6.60. The van der Waals surface area contributed by atoms with Gasteiger partial charge in [0.15, 0.2) is 0 Å². The summed E-state index contributed by atoms with van der Waals surface area (Å²) >= 11 is 0. The van der Waals surface area contributed by atoms with Crippen molar-refractivity contribution in [2.24, 2.45) is 0 Å². The Labute approximate surface area is 153 Å². The second-order valence-corrected chi connectivity index (χ2v) is 6.82. The maximum absolute atomic E-state index is 12.0. The lowest BCUT2D eigenvalue weighted by Gasteiger charge is -2.19. The highest BCUT2D eigenvalue weighted by atomic mass is 16.6. The van der Waals surface area contributed by atoms with Crippen molar-refractivity contribution in [2.75, 3.05) is 17.2 Å². The van der Waals surface area contributed by atoms with Crippen LogP contribution in [0.3, 0.4) is 0 Å². The van der Waals surface area contributed by atoms with Crippen molar-refractivity contribution < 1.29 is 14.3 Å². The molecule has 0 radical (unpaired) electrons. The second kappa shape index (κ2) is 8.89. The van der Waals surface area contributed by atoms with Gasteiger partial charge in [0.1, 0.15) is 5.60 Å². The van der Waals surface area contributed by atoms with E-state index in [0.29, 0.717) is 18.7 Å². The summed E-state index contributed by atoms with van der Waals surface area (Å²) < 4.78 is 5.19. The van der Waals surface area contributed by atoms with Crippen LogP contribution in [-0.4, -0.2) is 24.3 Å².